The Morgan fingerprint density at radius 1 is 1.00 bits per heavy atom. The first-order valence-corrected chi connectivity index (χ1v) is 11.4. The number of benzene rings is 1. The number of nitrogens with zero attached hydrogens (tertiary/aromatic N) is 2. The number of carbonyl (C=O) groups excluding carboxylic acids is 3. The van der Waals surface area contributed by atoms with Gasteiger partial charge >= 0.3 is 0 Å². The minimum absolute atomic E-state index is 0.104. The average molecular weight is 415 g/mol. The molecule has 3 fully saturated rings. The molecular formula is C24H31FN2O3. The maximum atomic E-state index is 13.3. The van der Waals surface area contributed by atoms with Crippen LogP contribution in [0.3, 0.4) is 0 Å². The molecule has 0 radical (unpaired) electrons. The monoisotopic (exact) mass is 414 g/mol. The van der Waals surface area contributed by atoms with Gasteiger partial charge in [-0.25, -0.2) is 4.39 Å². The third-order valence-electron chi connectivity index (χ3n) is 7.20. The van der Waals surface area contributed by atoms with E-state index in [2.05, 4.69) is 0 Å². The smallest absolute Gasteiger partial charge is 0.243 e. The first-order chi connectivity index (χ1) is 14.5. The number of hydrogen-bond acceptors (Lipinski definition) is 3. The van der Waals surface area contributed by atoms with Crippen molar-refractivity contribution in [1.82, 2.24) is 9.80 Å². The topological polar surface area (TPSA) is 57.7 Å². The zero-order chi connectivity index (χ0) is 21.1. The summed E-state index contributed by atoms with van der Waals surface area (Å²) in [5.74, 6) is -0.840. The van der Waals surface area contributed by atoms with Crippen LogP contribution in [-0.4, -0.2) is 40.1 Å². The third-order valence-corrected chi connectivity index (χ3v) is 7.20. The van der Waals surface area contributed by atoms with Crippen molar-refractivity contribution in [2.75, 3.05) is 6.54 Å². The summed E-state index contributed by atoms with van der Waals surface area (Å²) in [6.45, 7) is 0.211. The molecule has 5 nitrogen and oxygen atoms in total. The molecule has 1 saturated heterocycles. The van der Waals surface area contributed by atoms with E-state index in [1.807, 2.05) is 4.90 Å². The zero-order valence-electron chi connectivity index (χ0n) is 17.6. The van der Waals surface area contributed by atoms with E-state index in [9.17, 15) is 18.8 Å². The number of halogens is 1. The van der Waals surface area contributed by atoms with Crippen molar-refractivity contribution in [3.8, 4) is 0 Å². The van der Waals surface area contributed by atoms with Gasteiger partial charge in [0.2, 0.25) is 17.7 Å². The molecule has 0 atom stereocenters. The zero-order valence-corrected chi connectivity index (χ0v) is 17.6. The molecule has 1 aromatic carbocycles. The lowest BCUT2D eigenvalue weighted by atomic mass is 9.73. The summed E-state index contributed by atoms with van der Waals surface area (Å²) in [7, 11) is 0. The van der Waals surface area contributed by atoms with Crippen molar-refractivity contribution in [3.63, 3.8) is 0 Å². The molecular weight excluding hydrogens is 383 g/mol. The van der Waals surface area contributed by atoms with Gasteiger partial charge < -0.3 is 4.90 Å². The molecule has 2 saturated carbocycles. The van der Waals surface area contributed by atoms with Gasteiger partial charge in [-0.15, -0.1) is 0 Å². The van der Waals surface area contributed by atoms with Gasteiger partial charge in [0.25, 0.3) is 0 Å². The molecule has 6 heteroatoms. The van der Waals surface area contributed by atoms with Gasteiger partial charge in [0.05, 0.1) is 5.41 Å². The van der Waals surface area contributed by atoms with Gasteiger partial charge in [0.15, 0.2) is 0 Å². The Bertz CT molecular complexity index is 795. The van der Waals surface area contributed by atoms with Crippen LogP contribution < -0.4 is 0 Å². The predicted octanol–water partition coefficient (Wildman–Crippen LogP) is 4.20. The van der Waals surface area contributed by atoms with Gasteiger partial charge in [-0.05, 0) is 43.4 Å². The maximum Gasteiger partial charge on any atom is 0.243 e. The predicted molar refractivity (Wildman–Crippen MR) is 111 cm³/mol. The second-order valence-electron chi connectivity index (χ2n) is 9.24. The highest BCUT2D eigenvalue weighted by molar-refractivity contribution is 6.08. The summed E-state index contributed by atoms with van der Waals surface area (Å²) in [5.41, 5.74) is 0.292. The Labute approximate surface area is 177 Å². The number of imide groups is 1. The lowest BCUT2D eigenvalue weighted by Crippen LogP contribution is -2.48. The summed E-state index contributed by atoms with van der Waals surface area (Å²) in [6, 6.07) is 6.30. The molecule has 2 aliphatic carbocycles. The van der Waals surface area contributed by atoms with Gasteiger partial charge in [0.1, 0.15) is 12.4 Å². The highest BCUT2D eigenvalue weighted by Gasteiger charge is 2.52. The molecule has 0 N–H and O–H groups in total. The van der Waals surface area contributed by atoms with Crippen LogP contribution >= 0.6 is 0 Å². The maximum absolute atomic E-state index is 13.3. The standard InChI is InChI=1S/C24H31FN2O3/c25-19-11-9-18(10-12-19)16-26(20-7-3-1-4-8-20)22(29)17-27-21(28)15-24(23(27)30)13-5-2-6-14-24/h9-12,20H,1-8,13-17H2. The largest absolute Gasteiger partial charge is 0.334 e. The van der Waals surface area contributed by atoms with Gasteiger partial charge in [-0.3, -0.25) is 19.3 Å². The van der Waals surface area contributed by atoms with Crippen molar-refractivity contribution in [2.24, 2.45) is 5.41 Å². The molecule has 4 rings (SSSR count). The molecule has 1 aromatic rings. The van der Waals surface area contributed by atoms with E-state index in [1.165, 1.54) is 23.5 Å². The van der Waals surface area contributed by atoms with E-state index in [0.717, 1.165) is 63.4 Å². The van der Waals surface area contributed by atoms with Crippen molar-refractivity contribution < 1.29 is 18.8 Å². The van der Waals surface area contributed by atoms with Crippen LogP contribution in [0.25, 0.3) is 0 Å². The molecule has 0 bridgehead atoms. The van der Waals surface area contributed by atoms with Crippen molar-refractivity contribution in [2.45, 2.75) is 83.2 Å². The number of hydrogen-bond donors (Lipinski definition) is 0. The molecule has 162 valence electrons. The minimum atomic E-state index is -0.567. The molecule has 1 aliphatic heterocycles. The van der Waals surface area contributed by atoms with Crippen LogP contribution in [0.5, 0.6) is 0 Å². The Balaban J connectivity index is 1.50. The van der Waals surface area contributed by atoms with E-state index in [4.69, 9.17) is 0 Å². The van der Waals surface area contributed by atoms with E-state index in [0.29, 0.717) is 6.54 Å². The summed E-state index contributed by atoms with van der Waals surface area (Å²) in [5, 5.41) is 0. The molecule has 0 aromatic heterocycles. The Morgan fingerprint density at radius 2 is 1.63 bits per heavy atom. The molecule has 1 spiro atoms. The fourth-order valence-electron chi connectivity index (χ4n) is 5.47. The van der Waals surface area contributed by atoms with Crippen LogP contribution in [0.1, 0.15) is 76.2 Å². The van der Waals surface area contributed by atoms with Crippen LogP contribution in [0.15, 0.2) is 24.3 Å². The number of amides is 3. The molecule has 3 aliphatic rings. The summed E-state index contributed by atoms with van der Waals surface area (Å²) in [4.78, 5) is 42.2. The van der Waals surface area contributed by atoms with Crippen molar-refractivity contribution in [1.29, 1.82) is 0 Å². The molecule has 3 amide bonds. The Hall–Kier alpha value is -2.24. The summed E-state index contributed by atoms with van der Waals surface area (Å²) < 4.78 is 13.3. The van der Waals surface area contributed by atoms with E-state index < -0.39 is 5.41 Å². The van der Waals surface area contributed by atoms with Crippen LogP contribution in [-0.2, 0) is 20.9 Å². The average Bonchev–Trinajstić information content (AvgIpc) is 2.98. The van der Waals surface area contributed by atoms with E-state index in [-0.39, 0.29) is 42.5 Å². The number of rotatable bonds is 5. The van der Waals surface area contributed by atoms with Crippen molar-refractivity contribution >= 4 is 17.7 Å². The SMILES string of the molecule is O=C1CC2(CCCCC2)C(=O)N1CC(=O)N(Cc1ccc(F)cc1)C1CCCCC1. The second-order valence-corrected chi connectivity index (χ2v) is 9.24. The molecule has 30 heavy (non-hydrogen) atoms. The third kappa shape index (κ3) is 4.28. The minimum Gasteiger partial charge on any atom is -0.334 e. The normalized spacial score (nSPS) is 22.0. The van der Waals surface area contributed by atoms with Gasteiger partial charge in [-0.1, -0.05) is 50.7 Å². The number of carbonyl (C=O) groups is 3. The first kappa shape index (κ1) is 21.0. The Kier molecular flexibility index (Phi) is 6.21. The van der Waals surface area contributed by atoms with E-state index >= 15 is 0 Å². The van der Waals surface area contributed by atoms with Crippen molar-refractivity contribution in [3.05, 3.63) is 35.6 Å². The fraction of sp³-hybridized carbons (Fsp3) is 0.625. The number of likely N-dealkylation sites (tertiary alicyclic amines) is 1. The summed E-state index contributed by atoms with van der Waals surface area (Å²) >= 11 is 0. The van der Waals surface area contributed by atoms with Crippen LogP contribution in [0.2, 0.25) is 0 Å². The Morgan fingerprint density at radius 3 is 2.30 bits per heavy atom. The lowest BCUT2D eigenvalue weighted by molar-refractivity contribution is -0.149. The van der Waals surface area contributed by atoms with Gasteiger partial charge in [-0.2, -0.15) is 0 Å². The highest BCUT2D eigenvalue weighted by Crippen LogP contribution is 2.45. The quantitative estimate of drug-likeness (QED) is 0.679. The summed E-state index contributed by atoms with van der Waals surface area (Å²) in [6.07, 6.45) is 9.98. The van der Waals surface area contributed by atoms with Crippen LogP contribution in [0.4, 0.5) is 4.39 Å². The molecule has 0 unspecified atom stereocenters. The molecule has 1 heterocycles. The fourth-order valence-corrected chi connectivity index (χ4v) is 5.47. The second kappa shape index (κ2) is 8.86. The lowest BCUT2D eigenvalue weighted by Gasteiger charge is -2.36. The highest BCUT2D eigenvalue weighted by atomic mass is 19.1. The van der Waals surface area contributed by atoms with Crippen LogP contribution in [0, 0.1) is 11.2 Å². The van der Waals surface area contributed by atoms with Gasteiger partial charge in [0, 0.05) is 19.0 Å². The van der Waals surface area contributed by atoms with E-state index in [1.54, 1.807) is 12.1 Å². The first-order valence-electron chi connectivity index (χ1n) is 11.4.